The van der Waals surface area contributed by atoms with E-state index in [0.29, 0.717) is 34.0 Å². The summed E-state index contributed by atoms with van der Waals surface area (Å²) in [4.78, 5) is 28.5. The van der Waals surface area contributed by atoms with Crippen molar-refractivity contribution in [1.82, 2.24) is 39.9 Å². The van der Waals surface area contributed by atoms with Crippen molar-refractivity contribution in [2.45, 2.75) is 0 Å². The van der Waals surface area contributed by atoms with Gasteiger partial charge in [0.25, 0.3) is 0 Å². The van der Waals surface area contributed by atoms with Crippen molar-refractivity contribution in [2.24, 2.45) is 0 Å². The van der Waals surface area contributed by atoms with Gasteiger partial charge in [-0.3, -0.25) is 9.11 Å². The number of H-pyrrole nitrogens is 2. The quantitative estimate of drug-likeness (QED) is 0.154. The van der Waals surface area contributed by atoms with Gasteiger partial charge < -0.3 is 32.9 Å². The highest BCUT2D eigenvalue weighted by molar-refractivity contribution is 7.79. The second-order valence-electron chi connectivity index (χ2n) is 4.58. The molecule has 0 unspecified atom stereocenters. The summed E-state index contributed by atoms with van der Waals surface area (Å²) >= 11 is 0. The monoisotopic (exact) mass is 398 g/mol. The fraction of sp³-hybridized carbons (Fsp3) is 0. The number of imidazole rings is 2. The molecule has 0 fully saturated rings. The topological polar surface area (TPSA) is 288 Å². The molecular weight excluding hydrogens is 384 g/mol. The smallest absolute Gasteiger partial charge is 0.382 e. The van der Waals surface area contributed by atoms with E-state index in [-0.39, 0.29) is 11.9 Å². The summed E-state index contributed by atoms with van der Waals surface area (Å²) < 4.78 is 31.6. The Balaban J connectivity index is 0.000000157. The maximum atomic E-state index is 8.74. The van der Waals surface area contributed by atoms with Crippen LogP contribution in [-0.4, -0.2) is 57.4 Å². The standard InChI is InChI=1S/2C5H6N6.H2O4S/c2*6-3-2-4(9-1-8-2)11-5(7)10-3;1-5(2,3)4/h2*1H,(H5,6,7,8,9,10,11);(H2,1,2,3,4). The molecule has 17 heteroatoms. The second kappa shape index (κ2) is 7.59. The lowest BCUT2D eigenvalue weighted by atomic mass is 10.5. The summed E-state index contributed by atoms with van der Waals surface area (Å²) in [7, 11) is -4.67. The molecule has 144 valence electrons. The molecule has 0 aliphatic carbocycles. The summed E-state index contributed by atoms with van der Waals surface area (Å²) in [6.07, 6.45) is 2.99. The Morgan fingerprint density at radius 2 is 1.07 bits per heavy atom. The fourth-order valence-corrected chi connectivity index (χ4v) is 1.75. The van der Waals surface area contributed by atoms with Gasteiger partial charge in [-0.15, -0.1) is 0 Å². The van der Waals surface area contributed by atoms with Crippen LogP contribution in [0.15, 0.2) is 12.7 Å². The lowest BCUT2D eigenvalue weighted by Crippen LogP contribution is -1.99. The third kappa shape index (κ3) is 5.59. The zero-order valence-corrected chi connectivity index (χ0v) is 14.1. The number of aromatic nitrogens is 8. The van der Waals surface area contributed by atoms with Gasteiger partial charge in [-0.05, 0) is 0 Å². The van der Waals surface area contributed by atoms with Crippen LogP contribution in [0.2, 0.25) is 0 Å². The van der Waals surface area contributed by atoms with Crippen LogP contribution >= 0.6 is 0 Å². The Bertz CT molecular complexity index is 1080. The molecule has 0 bridgehead atoms. The van der Waals surface area contributed by atoms with Gasteiger partial charge in [0, 0.05) is 0 Å². The van der Waals surface area contributed by atoms with Crippen molar-refractivity contribution in [3.8, 4) is 0 Å². The van der Waals surface area contributed by atoms with Gasteiger partial charge in [-0.1, -0.05) is 0 Å². The number of anilines is 4. The lowest BCUT2D eigenvalue weighted by Gasteiger charge is -1.94. The molecule has 4 aromatic rings. The zero-order chi connectivity index (χ0) is 20.2. The van der Waals surface area contributed by atoms with Crippen molar-refractivity contribution < 1.29 is 17.5 Å². The number of hydrogen-bond acceptors (Lipinski definition) is 12. The van der Waals surface area contributed by atoms with E-state index < -0.39 is 10.4 Å². The number of nitrogen functional groups attached to an aromatic ring is 4. The van der Waals surface area contributed by atoms with Crippen LogP contribution in [0, 0.1) is 0 Å². The largest absolute Gasteiger partial charge is 0.394 e. The van der Waals surface area contributed by atoms with Gasteiger partial charge in [0.2, 0.25) is 11.9 Å². The average Bonchev–Trinajstić information content (AvgIpc) is 3.14. The van der Waals surface area contributed by atoms with Crippen LogP contribution < -0.4 is 22.9 Å². The minimum atomic E-state index is -4.67. The van der Waals surface area contributed by atoms with Crippen LogP contribution in [0.25, 0.3) is 22.3 Å². The van der Waals surface area contributed by atoms with E-state index in [1.54, 1.807) is 0 Å². The number of nitrogens with one attached hydrogen (secondary N) is 2. The van der Waals surface area contributed by atoms with Gasteiger partial charge in [-0.25, -0.2) is 9.97 Å². The molecule has 4 heterocycles. The fourth-order valence-electron chi connectivity index (χ4n) is 1.75. The molecule has 0 radical (unpaired) electrons. The van der Waals surface area contributed by atoms with Gasteiger partial charge in [0.05, 0.1) is 12.7 Å². The van der Waals surface area contributed by atoms with Crippen molar-refractivity contribution in [3.05, 3.63) is 12.7 Å². The van der Waals surface area contributed by atoms with Crippen molar-refractivity contribution >= 4 is 56.3 Å². The van der Waals surface area contributed by atoms with Gasteiger partial charge in [0.1, 0.15) is 11.0 Å². The molecule has 0 aliphatic heterocycles. The van der Waals surface area contributed by atoms with Crippen molar-refractivity contribution in [3.63, 3.8) is 0 Å². The summed E-state index contributed by atoms with van der Waals surface area (Å²) in [5.74, 6) is 0.930. The van der Waals surface area contributed by atoms with Crippen LogP contribution in [0.4, 0.5) is 23.5 Å². The molecule has 0 amide bonds. The van der Waals surface area contributed by atoms with E-state index in [0.717, 1.165) is 0 Å². The van der Waals surface area contributed by atoms with E-state index in [4.69, 9.17) is 40.5 Å². The Hall–Kier alpha value is -3.83. The molecule has 0 spiro atoms. The van der Waals surface area contributed by atoms with Crippen LogP contribution in [0.1, 0.15) is 0 Å². The third-order valence-electron chi connectivity index (χ3n) is 2.66. The molecule has 0 saturated carbocycles. The van der Waals surface area contributed by atoms with Gasteiger partial charge in [0.15, 0.2) is 22.9 Å². The number of nitrogens with zero attached hydrogens (tertiary/aromatic N) is 6. The Morgan fingerprint density at radius 1 is 0.741 bits per heavy atom. The first-order chi connectivity index (χ1) is 12.5. The molecule has 0 saturated heterocycles. The molecule has 27 heavy (non-hydrogen) atoms. The van der Waals surface area contributed by atoms with Crippen molar-refractivity contribution in [1.29, 1.82) is 0 Å². The molecule has 0 atom stereocenters. The van der Waals surface area contributed by atoms with Gasteiger partial charge >= 0.3 is 10.4 Å². The van der Waals surface area contributed by atoms with Crippen molar-refractivity contribution in [2.75, 3.05) is 22.9 Å². The first kappa shape index (κ1) is 19.5. The maximum absolute atomic E-state index is 8.74. The highest BCUT2D eigenvalue weighted by atomic mass is 32.3. The number of fused-ring (bicyclic) bond motifs is 2. The highest BCUT2D eigenvalue weighted by Crippen LogP contribution is 2.13. The summed E-state index contributed by atoms with van der Waals surface area (Å²) in [6.45, 7) is 0. The lowest BCUT2D eigenvalue weighted by molar-refractivity contribution is 0.381. The molecular formula is C10H14N12O4S. The Labute approximate surface area is 150 Å². The van der Waals surface area contributed by atoms with Crippen LogP contribution in [0.5, 0.6) is 0 Å². The predicted octanol–water partition coefficient (Wildman–Crippen LogP) is -1.62. The number of hydrogen-bond donors (Lipinski definition) is 8. The minimum absolute atomic E-state index is 0.141. The van der Waals surface area contributed by atoms with E-state index in [2.05, 4.69) is 39.9 Å². The highest BCUT2D eigenvalue weighted by Gasteiger charge is 2.04. The summed E-state index contributed by atoms with van der Waals surface area (Å²) in [5.41, 5.74) is 23.9. The second-order valence-corrected chi connectivity index (χ2v) is 5.48. The molecule has 4 aromatic heterocycles. The van der Waals surface area contributed by atoms with E-state index in [1.807, 2.05) is 0 Å². The Kier molecular flexibility index (Phi) is 5.48. The Morgan fingerprint density at radius 3 is 1.41 bits per heavy atom. The summed E-state index contributed by atoms with van der Waals surface area (Å²) in [6, 6.07) is 0. The molecule has 4 rings (SSSR count). The molecule has 16 nitrogen and oxygen atoms in total. The third-order valence-corrected chi connectivity index (χ3v) is 2.66. The van der Waals surface area contributed by atoms with E-state index >= 15 is 0 Å². The molecule has 0 aliphatic rings. The zero-order valence-electron chi connectivity index (χ0n) is 13.3. The normalized spacial score (nSPS) is 10.7. The predicted molar refractivity (Wildman–Crippen MR) is 95.2 cm³/mol. The number of aromatic amines is 2. The van der Waals surface area contributed by atoms with Crippen LogP contribution in [-0.2, 0) is 10.4 Å². The first-order valence-electron chi connectivity index (χ1n) is 6.68. The minimum Gasteiger partial charge on any atom is -0.382 e. The average molecular weight is 398 g/mol. The molecule has 0 aromatic carbocycles. The maximum Gasteiger partial charge on any atom is 0.394 e. The number of rotatable bonds is 0. The first-order valence-corrected chi connectivity index (χ1v) is 8.08. The van der Waals surface area contributed by atoms with E-state index in [1.165, 1.54) is 12.7 Å². The number of nitrogens with two attached hydrogens (primary N) is 4. The van der Waals surface area contributed by atoms with E-state index in [9.17, 15) is 0 Å². The van der Waals surface area contributed by atoms with Crippen LogP contribution in [0.3, 0.4) is 0 Å². The van der Waals surface area contributed by atoms with Gasteiger partial charge in [-0.2, -0.15) is 28.4 Å². The summed E-state index contributed by atoms with van der Waals surface area (Å²) in [5, 5.41) is 0. The molecule has 12 N–H and O–H groups in total. The SMILES string of the molecule is Nc1nc(N)c2[nH]cnc2n1.Nc1nc(N)c2[nH]cnc2n1.O=S(=O)(O)O.